The normalized spacial score (nSPS) is 14.5. The molecule has 1 aliphatic carbocycles. The summed E-state index contributed by atoms with van der Waals surface area (Å²) in [5, 5.41) is 0. The maximum absolute atomic E-state index is 6.80. The first-order chi connectivity index (χ1) is 28.3. The molecule has 1 heterocycles. The van der Waals surface area contributed by atoms with E-state index in [-0.39, 0.29) is 0 Å². The van der Waals surface area contributed by atoms with Gasteiger partial charge in [-0.3, -0.25) is 0 Å². The summed E-state index contributed by atoms with van der Waals surface area (Å²) in [6.45, 7) is 0. The van der Waals surface area contributed by atoms with Gasteiger partial charge in [0.25, 0.3) is 0 Å². The molecule has 9 aromatic carbocycles. The molecule has 2 aliphatic rings. The smallest absolute Gasteiger partial charge is 0.132 e. The lowest BCUT2D eigenvalue weighted by atomic mass is 9.65. The van der Waals surface area contributed by atoms with Gasteiger partial charge < -0.3 is 9.64 Å². The first kappa shape index (κ1) is 33.0. The number of rotatable bonds is 6. The molecule has 2 nitrogen and oxygen atoms in total. The van der Waals surface area contributed by atoms with E-state index in [1.165, 1.54) is 44.5 Å². The van der Waals surface area contributed by atoms with Gasteiger partial charge in [0.05, 0.1) is 11.1 Å². The monoisotopic (exact) mass is 727 g/mol. The number of ether oxygens (including phenoxy) is 1. The fourth-order valence-electron chi connectivity index (χ4n) is 9.23. The molecular formula is C55H37NO. The summed E-state index contributed by atoms with van der Waals surface area (Å²) in [7, 11) is 0. The van der Waals surface area contributed by atoms with Gasteiger partial charge in [-0.1, -0.05) is 176 Å². The molecule has 0 amide bonds. The van der Waals surface area contributed by atoms with Gasteiger partial charge in [-0.05, 0) is 98.6 Å². The average molecular weight is 728 g/mol. The van der Waals surface area contributed by atoms with Crippen LogP contribution in [0.5, 0.6) is 11.5 Å². The standard InChI is InChI=1S/C55H37NO/c1-4-16-38(17-5-1)40-28-31-43(32-29-40)56(52-26-14-11-22-45(52)41-20-8-3-9-21-41)44-33-34-47-46-23-10-12-24-48(46)55(50(47)37-44)49-25-13-15-27-53(49)57-54-35-30-42(36-51(54)55)39-18-6-2-7-19-39/h1-37H. The van der Waals surface area contributed by atoms with Crippen molar-refractivity contribution in [2.75, 3.05) is 4.90 Å². The van der Waals surface area contributed by atoms with E-state index in [4.69, 9.17) is 4.74 Å². The fourth-order valence-corrected chi connectivity index (χ4v) is 9.23. The van der Waals surface area contributed by atoms with Gasteiger partial charge in [0.1, 0.15) is 11.5 Å². The molecule has 0 fully saturated rings. The molecule has 0 radical (unpaired) electrons. The van der Waals surface area contributed by atoms with Crippen molar-refractivity contribution in [1.82, 2.24) is 0 Å². The Morgan fingerprint density at radius 1 is 0.298 bits per heavy atom. The molecule has 2 heteroatoms. The van der Waals surface area contributed by atoms with E-state index in [0.29, 0.717) is 0 Å². The molecule has 0 aromatic heterocycles. The minimum atomic E-state index is -0.626. The number of benzene rings is 9. The first-order valence-electron chi connectivity index (χ1n) is 19.6. The summed E-state index contributed by atoms with van der Waals surface area (Å²) in [4.78, 5) is 2.43. The Hall–Kier alpha value is -7.42. The lowest BCUT2D eigenvalue weighted by Crippen LogP contribution is -2.32. The van der Waals surface area contributed by atoms with Gasteiger partial charge in [-0.2, -0.15) is 0 Å². The lowest BCUT2D eigenvalue weighted by Gasteiger charge is -2.40. The Morgan fingerprint density at radius 2 is 0.807 bits per heavy atom. The topological polar surface area (TPSA) is 12.5 Å². The van der Waals surface area contributed by atoms with E-state index >= 15 is 0 Å². The van der Waals surface area contributed by atoms with Gasteiger partial charge in [0, 0.05) is 28.1 Å². The van der Waals surface area contributed by atoms with Crippen molar-refractivity contribution in [2.45, 2.75) is 5.41 Å². The van der Waals surface area contributed by atoms with Gasteiger partial charge >= 0.3 is 0 Å². The fraction of sp³-hybridized carbons (Fsp3) is 0.0182. The molecule has 9 aromatic rings. The molecule has 0 N–H and O–H groups in total. The van der Waals surface area contributed by atoms with E-state index in [2.05, 4.69) is 229 Å². The van der Waals surface area contributed by atoms with Crippen LogP contribution in [0.15, 0.2) is 224 Å². The first-order valence-corrected chi connectivity index (χ1v) is 19.6. The van der Waals surface area contributed by atoms with Crippen molar-refractivity contribution in [3.8, 4) is 56.0 Å². The van der Waals surface area contributed by atoms with E-state index in [9.17, 15) is 0 Å². The molecule has 1 unspecified atom stereocenters. The van der Waals surface area contributed by atoms with Crippen LogP contribution in [-0.4, -0.2) is 0 Å². The lowest BCUT2D eigenvalue weighted by molar-refractivity contribution is 0.436. The van der Waals surface area contributed by atoms with Crippen LogP contribution in [0.2, 0.25) is 0 Å². The minimum absolute atomic E-state index is 0.626. The number of nitrogens with zero attached hydrogens (tertiary/aromatic N) is 1. The maximum atomic E-state index is 6.80. The quantitative estimate of drug-likeness (QED) is 0.169. The second-order valence-electron chi connectivity index (χ2n) is 14.8. The highest BCUT2D eigenvalue weighted by atomic mass is 16.5. The number of para-hydroxylation sites is 2. The zero-order valence-corrected chi connectivity index (χ0v) is 31.2. The molecule has 1 atom stereocenters. The third-order valence-corrected chi connectivity index (χ3v) is 11.8. The Balaban J connectivity index is 1.18. The number of fused-ring (bicyclic) bond motifs is 9. The third-order valence-electron chi connectivity index (χ3n) is 11.8. The minimum Gasteiger partial charge on any atom is -0.457 e. The van der Waals surface area contributed by atoms with Crippen LogP contribution in [0, 0.1) is 0 Å². The Labute approximate surface area is 333 Å². The van der Waals surface area contributed by atoms with E-state index in [1.807, 2.05) is 0 Å². The highest BCUT2D eigenvalue weighted by Crippen LogP contribution is 2.63. The predicted molar refractivity (Wildman–Crippen MR) is 235 cm³/mol. The van der Waals surface area contributed by atoms with Crippen molar-refractivity contribution < 1.29 is 4.74 Å². The van der Waals surface area contributed by atoms with Crippen LogP contribution in [-0.2, 0) is 5.41 Å². The van der Waals surface area contributed by atoms with Crippen LogP contribution in [0.3, 0.4) is 0 Å². The summed E-state index contributed by atoms with van der Waals surface area (Å²) in [6.07, 6.45) is 0. The number of anilines is 3. The molecule has 11 rings (SSSR count). The second-order valence-corrected chi connectivity index (χ2v) is 14.8. The summed E-state index contributed by atoms with van der Waals surface area (Å²) in [5.41, 5.74) is 17.0. The zero-order valence-electron chi connectivity index (χ0n) is 31.2. The van der Waals surface area contributed by atoms with Crippen LogP contribution in [0.25, 0.3) is 44.5 Å². The summed E-state index contributed by atoms with van der Waals surface area (Å²) in [6, 6.07) is 81.1. The molecule has 0 saturated carbocycles. The Morgan fingerprint density at radius 3 is 1.54 bits per heavy atom. The third kappa shape index (κ3) is 5.26. The van der Waals surface area contributed by atoms with Crippen LogP contribution >= 0.6 is 0 Å². The van der Waals surface area contributed by atoms with Gasteiger partial charge in [0.15, 0.2) is 0 Å². The highest BCUT2D eigenvalue weighted by Gasteiger charge is 2.51. The van der Waals surface area contributed by atoms with Crippen molar-refractivity contribution in [2.24, 2.45) is 0 Å². The van der Waals surface area contributed by atoms with E-state index in [1.54, 1.807) is 0 Å². The summed E-state index contributed by atoms with van der Waals surface area (Å²) < 4.78 is 6.80. The number of hydrogen-bond donors (Lipinski definition) is 0. The van der Waals surface area contributed by atoms with Crippen molar-refractivity contribution >= 4 is 17.1 Å². The molecule has 268 valence electrons. The SMILES string of the molecule is c1ccc(-c2ccc(N(c3ccc4c(c3)C3(c5ccccc5Oc5ccc(-c6ccccc6)cc53)c3ccccc3-4)c3ccccc3-c3ccccc3)cc2)cc1. The highest BCUT2D eigenvalue weighted by molar-refractivity contribution is 5.94. The van der Waals surface area contributed by atoms with Crippen molar-refractivity contribution in [3.05, 3.63) is 247 Å². The van der Waals surface area contributed by atoms with Gasteiger partial charge in [-0.25, -0.2) is 0 Å². The molecule has 0 bridgehead atoms. The second kappa shape index (κ2) is 13.4. The Bertz CT molecular complexity index is 2920. The molecule has 0 saturated heterocycles. The summed E-state index contributed by atoms with van der Waals surface area (Å²) in [5.74, 6) is 1.76. The predicted octanol–water partition coefficient (Wildman–Crippen LogP) is 14.6. The number of hydrogen-bond acceptors (Lipinski definition) is 2. The largest absolute Gasteiger partial charge is 0.457 e. The average Bonchev–Trinajstić information content (AvgIpc) is 3.58. The van der Waals surface area contributed by atoms with Crippen molar-refractivity contribution in [1.29, 1.82) is 0 Å². The molecule has 1 spiro atoms. The molecule has 57 heavy (non-hydrogen) atoms. The molecule has 1 aliphatic heterocycles. The van der Waals surface area contributed by atoms with Gasteiger partial charge in [0.2, 0.25) is 0 Å². The summed E-state index contributed by atoms with van der Waals surface area (Å²) >= 11 is 0. The van der Waals surface area contributed by atoms with E-state index < -0.39 is 5.41 Å². The van der Waals surface area contributed by atoms with Gasteiger partial charge in [-0.15, -0.1) is 0 Å². The van der Waals surface area contributed by atoms with Crippen molar-refractivity contribution in [3.63, 3.8) is 0 Å². The maximum Gasteiger partial charge on any atom is 0.132 e. The molecular weight excluding hydrogens is 691 g/mol. The van der Waals surface area contributed by atoms with Crippen LogP contribution in [0.4, 0.5) is 17.1 Å². The zero-order chi connectivity index (χ0) is 37.8. The Kier molecular flexibility index (Phi) is 7.75. The van der Waals surface area contributed by atoms with Crippen LogP contribution in [0.1, 0.15) is 22.3 Å². The van der Waals surface area contributed by atoms with Crippen LogP contribution < -0.4 is 9.64 Å². The van der Waals surface area contributed by atoms with E-state index in [0.717, 1.165) is 50.8 Å².